The van der Waals surface area contributed by atoms with Crippen LogP contribution in [0.2, 0.25) is 0 Å². The summed E-state index contributed by atoms with van der Waals surface area (Å²) in [6, 6.07) is 11.3. The summed E-state index contributed by atoms with van der Waals surface area (Å²) in [4.78, 5) is 0. The molecule has 1 heterocycles. The lowest BCUT2D eigenvalue weighted by molar-refractivity contribution is 0.493. The van der Waals surface area contributed by atoms with Gasteiger partial charge in [-0.1, -0.05) is 36.8 Å². The van der Waals surface area contributed by atoms with E-state index in [0.29, 0.717) is 6.04 Å². The number of aryl methyl sites for hydroxylation is 3. The summed E-state index contributed by atoms with van der Waals surface area (Å²) in [6.07, 6.45) is 2.14. The summed E-state index contributed by atoms with van der Waals surface area (Å²) in [5.41, 5.74) is 5.01. The second-order valence-electron chi connectivity index (χ2n) is 5.53. The van der Waals surface area contributed by atoms with Crippen LogP contribution in [-0.4, -0.2) is 16.3 Å². The minimum atomic E-state index is 0.323. The van der Waals surface area contributed by atoms with E-state index in [-0.39, 0.29) is 0 Å². The van der Waals surface area contributed by atoms with Crippen molar-refractivity contribution in [2.24, 2.45) is 7.05 Å². The summed E-state index contributed by atoms with van der Waals surface area (Å²) in [5, 5.41) is 8.11. The van der Waals surface area contributed by atoms with Gasteiger partial charge in [0, 0.05) is 7.05 Å². The van der Waals surface area contributed by atoms with Gasteiger partial charge in [0.15, 0.2) is 0 Å². The van der Waals surface area contributed by atoms with Gasteiger partial charge in [-0.05, 0) is 44.9 Å². The van der Waals surface area contributed by atoms with Crippen LogP contribution >= 0.6 is 0 Å². The van der Waals surface area contributed by atoms with Crippen molar-refractivity contribution < 1.29 is 0 Å². The second kappa shape index (κ2) is 6.71. The van der Waals surface area contributed by atoms with Crippen LogP contribution in [0.15, 0.2) is 30.3 Å². The highest BCUT2D eigenvalue weighted by Crippen LogP contribution is 2.19. The van der Waals surface area contributed by atoms with Gasteiger partial charge in [0.25, 0.3) is 0 Å². The van der Waals surface area contributed by atoms with Gasteiger partial charge in [-0.2, -0.15) is 5.10 Å². The van der Waals surface area contributed by atoms with E-state index in [1.165, 1.54) is 16.8 Å². The van der Waals surface area contributed by atoms with E-state index in [4.69, 9.17) is 0 Å². The average Bonchev–Trinajstić information content (AvgIpc) is 2.76. The third-order valence-corrected chi connectivity index (χ3v) is 3.60. The molecule has 0 aliphatic rings. The highest BCUT2D eigenvalue weighted by atomic mass is 15.3. The Labute approximate surface area is 122 Å². The van der Waals surface area contributed by atoms with E-state index in [0.717, 1.165) is 25.1 Å². The van der Waals surface area contributed by atoms with Gasteiger partial charge in [-0.15, -0.1) is 0 Å². The van der Waals surface area contributed by atoms with Gasteiger partial charge in [0.1, 0.15) is 0 Å². The molecule has 0 saturated carbocycles. The van der Waals surface area contributed by atoms with Gasteiger partial charge < -0.3 is 5.32 Å². The molecule has 1 unspecified atom stereocenters. The lowest BCUT2D eigenvalue weighted by Crippen LogP contribution is -2.26. The molecule has 1 aromatic heterocycles. The Hall–Kier alpha value is -1.61. The van der Waals surface area contributed by atoms with E-state index >= 15 is 0 Å². The Morgan fingerprint density at radius 3 is 2.45 bits per heavy atom. The largest absolute Gasteiger partial charge is 0.308 e. The molecule has 0 radical (unpaired) electrons. The first-order valence-corrected chi connectivity index (χ1v) is 7.39. The van der Waals surface area contributed by atoms with Crippen molar-refractivity contribution in [3.63, 3.8) is 0 Å². The highest BCUT2D eigenvalue weighted by molar-refractivity contribution is 5.24. The standard InChI is InChI=1S/C17H25N3/c1-5-10-18-16(17-11-14(3)19-20(17)4)12-15-8-6-13(2)7-9-15/h6-9,11,16,18H,5,10,12H2,1-4H3. The molecule has 0 spiro atoms. The molecule has 0 fully saturated rings. The van der Waals surface area contributed by atoms with Crippen molar-refractivity contribution >= 4 is 0 Å². The third-order valence-electron chi connectivity index (χ3n) is 3.60. The molecule has 0 bridgehead atoms. The Kier molecular flexibility index (Phi) is 4.96. The van der Waals surface area contributed by atoms with Crippen molar-refractivity contribution in [3.8, 4) is 0 Å². The minimum absolute atomic E-state index is 0.323. The average molecular weight is 271 g/mol. The number of benzene rings is 1. The Morgan fingerprint density at radius 2 is 1.90 bits per heavy atom. The SMILES string of the molecule is CCCNC(Cc1ccc(C)cc1)c1cc(C)nn1C. The van der Waals surface area contributed by atoms with Gasteiger partial charge in [-0.3, -0.25) is 4.68 Å². The van der Waals surface area contributed by atoms with Crippen LogP contribution < -0.4 is 5.32 Å². The van der Waals surface area contributed by atoms with E-state index in [9.17, 15) is 0 Å². The number of nitrogens with zero attached hydrogens (tertiary/aromatic N) is 2. The molecule has 3 nitrogen and oxygen atoms in total. The fraction of sp³-hybridized carbons (Fsp3) is 0.471. The molecule has 108 valence electrons. The molecule has 3 heteroatoms. The summed E-state index contributed by atoms with van der Waals surface area (Å²) < 4.78 is 2.00. The van der Waals surface area contributed by atoms with Gasteiger partial charge in [0.2, 0.25) is 0 Å². The lowest BCUT2D eigenvalue weighted by atomic mass is 10.0. The topological polar surface area (TPSA) is 29.9 Å². The normalized spacial score (nSPS) is 12.6. The molecule has 0 aliphatic carbocycles. The molecule has 0 saturated heterocycles. The maximum atomic E-state index is 4.47. The Morgan fingerprint density at radius 1 is 1.20 bits per heavy atom. The zero-order valence-corrected chi connectivity index (χ0v) is 13.0. The molecule has 0 aliphatic heterocycles. The zero-order chi connectivity index (χ0) is 14.5. The molecule has 20 heavy (non-hydrogen) atoms. The number of rotatable bonds is 6. The van der Waals surface area contributed by atoms with Crippen molar-refractivity contribution in [1.29, 1.82) is 0 Å². The summed E-state index contributed by atoms with van der Waals surface area (Å²) in [5.74, 6) is 0. The molecule has 1 aromatic carbocycles. The first-order valence-electron chi connectivity index (χ1n) is 7.39. The third kappa shape index (κ3) is 3.70. The first kappa shape index (κ1) is 14.8. The molecular formula is C17H25N3. The van der Waals surface area contributed by atoms with E-state index in [1.54, 1.807) is 0 Å². The number of hydrogen-bond donors (Lipinski definition) is 1. The van der Waals surface area contributed by atoms with Gasteiger partial charge in [0.05, 0.1) is 17.4 Å². The second-order valence-corrected chi connectivity index (χ2v) is 5.53. The van der Waals surface area contributed by atoms with E-state index < -0.39 is 0 Å². The predicted octanol–water partition coefficient (Wildman–Crippen LogP) is 3.32. The predicted molar refractivity (Wildman–Crippen MR) is 83.9 cm³/mol. The monoisotopic (exact) mass is 271 g/mol. The van der Waals surface area contributed by atoms with Crippen molar-refractivity contribution in [2.45, 2.75) is 39.7 Å². The minimum Gasteiger partial charge on any atom is -0.308 e. The molecular weight excluding hydrogens is 246 g/mol. The van der Waals surface area contributed by atoms with Crippen LogP contribution in [0.5, 0.6) is 0 Å². The molecule has 1 atom stereocenters. The van der Waals surface area contributed by atoms with Crippen molar-refractivity contribution in [1.82, 2.24) is 15.1 Å². The van der Waals surface area contributed by atoms with Gasteiger partial charge in [-0.25, -0.2) is 0 Å². The van der Waals surface area contributed by atoms with E-state index in [1.807, 2.05) is 18.7 Å². The van der Waals surface area contributed by atoms with E-state index in [2.05, 4.69) is 54.6 Å². The van der Waals surface area contributed by atoms with Crippen LogP contribution in [0.4, 0.5) is 0 Å². The quantitative estimate of drug-likeness (QED) is 0.873. The van der Waals surface area contributed by atoms with Crippen LogP contribution in [-0.2, 0) is 13.5 Å². The lowest BCUT2D eigenvalue weighted by Gasteiger charge is -2.19. The summed E-state index contributed by atoms with van der Waals surface area (Å²) in [7, 11) is 2.03. The maximum absolute atomic E-state index is 4.47. The molecule has 0 amide bonds. The highest BCUT2D eigenvalue weighted by Gasteiger charge is 2.16. The Balaban J connectivity index is 2.19. The van der Waals surface area contributed by atoms with Crippen LogP contribution in [0.1, 0.15) is 41.9 Å². The van der Waals surface area contributed by atoms with Crippen LogP contribution in [0, 0.1) is 13.8 Å². The number of hydrogen-bond acceptors (Lipinski definition) is 2. The van der Waals surface area contributed by atoms with Crippen molar-refractivity contribution in [3.05, 3.63) is 52.8 Å². The zero-order valence-electron chi connectivity index (χ0n) is 13.0. The fourth-order valence-electron chi connectivity index (χ4n) is 2.52. The first-order chi connectivity index (χ1) is 9.60. The Bertz CT molecular complexity index is 540. The van der Waals surface area contributed by atoms with Crippen LogP contribution in [0.3, 0.4) is 0 Å². The number of nitrogens with one attached hydrogen (secondary N) is 1. The number of aromatic nitrogens is 2. The fourth-order valence-corrected chi connectivity index (χ4v) is 2.52. The smallest absolute Gasteiger partial charge is 0.0597 e. The van der Waals surface area contributed by atoms with Crippen molar-refractivity contribution in [2.75, 3.05) is 6.54 Å². The summed E-state index contributed by atoms with van der Waals surface area (Å²) in [6.45, 7) is 7.40. The summed E-state index contributed by atoms with van der Waals surface area (Å²) >= 11 is 0. The molecule has 1 N–H and O–H groups in total. The molecule has 2 aromatic rings. The molecule has 2 rings (SSSR count). The van der Waals surface area contributed by atoms with Gasteiger partial charge >= 0.3 is 0 Å². The maximum Gasteiger partial charge on any atom is 0.0597 e. The van der Waals surface area contributed by atoms with Crippen LogP contribution in [0.25, 0.3) is 0 Å².